The van der Waals surface area contributed by atoms with Crippen molar-refractivity contribution in [3.63, 3.8) is 0 Å². The van der Waals surface area contributed by atoms with Crippen LogP contribution < -0.4 is 5.73 Å². The normalized spacial score (nSPS) is 17.0. The molecule has 1 aromatic rings. The van der Waals surface area contributed by atoms with Gasteiger partial charge in [0.2, 0.25) is 0 Å². The summed E-state index contributed by atoms with van der Waals surface area (Å²) in [5.74, 6) is -1.94. The summed E-state index contributed by atoms with van der Waals surface area (Å²) in [6, 6.07) is 2.91. The van der Waals surface area contributed by atoms with E-state index in [4.69, 9.17) is 10.9 Å². The Labute approximate surface area is 120 Å². The molecular formula is C13H16F2N4O2. The van der Waals surface area contributed by atoms with Gasteiger partial charge in [0.1, 0.15) is 11.6 Å². The average Bonchev–Trinajstić information content (AvgIpc) is 2.47. The molecule has 1 heterocycles. The van der Waals surface area contributed by atoms with Crippen LogP contribution in [0.3, 0.4) is 0 Å². The minimum Gasteiger partial charge on any atom is -0.409 e. The molecule has 0 saturated carbocycles. The molecule has 3 N–H and O–H groups in total. The highest BCUT2D eigenvalue weighted by Gasteiger charge is 2.24. The molecule has 1 saturated heterocycles. The minimum absolute atomic E-state index is 0.0966. The van der Waals surface area contributed by atoms with Gasteiger partial charge in [-0.2, -0.15) is 0 Å². The number of amides is 1. The van der Waals surface area contributed by atoms with Crippen molar-refractivity contribution in [1.82, 2.24) is 9.80 Å². The summed E-state index contributed by atoms with van der Waals surface area (Å²) in [7, 11) is 0. The standard InChI is InChI=1S/C13H16F2N4O2/c14-9-1-2-10(11(15)7-9)13(20)19-5-3-18(4-6-19)8-12(16)17-21/h1-2,7,21H,3-6,8H2,(H2,16,17). The molecule has 6 nitrogen and oxygen atoms in total. The fourth-order valence-corrected chi connectivity index (χ4v) is 2.20. The molecule has 0 atom stereocenters. The van der Waals surface area contributed by atoms with Crippen LogP contribution in [0.5, 0.6) is 0 Å². The van der Waals surface area contributed by atoms with E-state index < -0.39 is 17.5 Å². The van der Waals surface area contributed by atoms with Crippen molar-refractivity contribution in [2.24, 2.45) is 10.9 Å². The number of hydrogen-bond acceptors (Lipinski definition) is 4. The maximum Gasteiger partial charge on any atom is 0.256 e. The first-order chi connectivity index (χ1) is 10.0. The van der Waals surface area contributed by atoms with Gasteiger partial charge in [-0.1, -0.05) is 5.16 Å². The van der Waals surface area contributed by atoms with E-state index in [1.807, 2.05) is 4.90 Å². The summed E-state index contributed by atoms with van der Waals surface area (Å²) >= 11 is 0. The second-order valence-corrected chi connectivity index (χ2v) is 4.78. The van der Waals surface area contributed by atoms with E-state index in [1.54, 1.807) is 0 Å². The number of carbonyl (C=O) groups is 1. The number of nitrogens with zero attached hydrogens (tertiary/aromatic N) is 3. The van der Waals surface area contributed by atoms with Gasteiger partial charge in [0, 0.05) is 32.2 Å². The average molecular weight is 298 g/mol. The summed E-state index contributed by atoms with van der Waals surface area (Å²) < 4.78 is 26.4. The second kappa shape index (κ2) is 6.49. The first-order valence-corrected chi connectivity index (χ1v) is 6.44. The van der Waals surface area contributed by atoms with Gasteiger partial charge >= 0.3 is 0 Å². The van der Waals surface area contributed by atoms with Gasteiger partial charge in [0.15, 0.2) is 5.84 Å². The Bertz CT molecular complexity index is 557. The van der Waals surface area contributed by atoms with E-state index in [2.05, 4.69) is 5.16 Å². The number of benzene rings is 1. The SMILES string of the molecule is NC(CN1CCN(C(=O)c2ccc(F)cc2F)CC1)=NO. The van der Waals surface area contributed by atoms with Gasteiger partial charge < -0.3 is 15.8 Å². The molecule has 0 radical (unpaired) electrons. The molecule has 0 bridgehead atoms. The third-order valence-corrected chi connectivity index (χ3v) is 3.34. The number of nitrogens with two attached hydrogens (primary N) is 1. The lowest BCUT2D eigenvalue weighted by Crippen LogP contribution is -2.50. The van der Waals surface area contributed by atoms with E-state index in [0.29, 0.717) is 38.8 Å². The number of rotatable bonds is 3. The van der Waals surface area contributed by atoms with Crippen LogP contribution in [0.15, 0.2) is 23.4 Å². The lowest BCUT2D eigenvalue weighted by Gasteiger charge is -2.34. The number of piperazine rings is 1. The summed E-state index contributed by atoms with van der Waals surface area (Å²) in [6.45, 7) is 2.17. The molecule has 1 aliphatic heterocycles. The Morgan fingerprint density at radius 1 is 1.29 bits per heavy atom. The van der Waals surface area contributed by atoms with Crippen LogP contribution in [0.25, 0.3) is 0 Å². The highest BCUT2D eigenvalue weighted by Crippen LogP contribution is 2.14. The van der Waals surface area contributed by atoms with Crippen molar-refractivity contribution in [1.29, 1.82) is 0 Å². The van der Waals surface area contributed by atoms with E-state index in [1.165, 1.54) is 4.90 Å². The van der Waals surface area contributed by atoms with E-state index in [0.717, 1.165) is 12.1 Å². The van der Waals surface area contributed by atoms with Gasteiger partial charge in [-0.15, -0.1) is 0 Å². The number of hydrogen-bond donors (Lipinski definition) is 2. The first-order valence-electron chi connectivity index (χ1n) is 6.44. The lowest BCUT2D eigenvalue weighted by atomic mass is 10.1. The fourth-order valence-electron chi connectivity index (χ4n) is 2.20. The van der Waals surface area contributed by atoms with Crippen LogP contribution in [0, 0.1) is 11.6 Å². The quantitative estimate of drug-likeness (QED) is 0.368. The van der Waals surface area contributed by atoms with Crippen LogP contribution in [-0.2, 0) is 0 Å². The molecule has 0 aromatic heterocycles. The highest BCUT2D eigenvalue weighted by atomic mass is 19.1. The van der Waals surface area contributed by atoms with Crippen molar-refractivity contribution in [2.75, 3.05) is 32.7 Å². The molecule has 0 spiro atoms. The number of halogens is 2. The molecule has 1 aromatic carbocycles. The summed E-state index contributed by atoms with van der Waals surface area (Å²) in [5, 5.41) is 11.4. The minimum atomic E-state index is -0.862. The van der Waals surface area contributed by atoms with Gasteiger partial charge in [-0.3, -0.25) is 9.69 Å². The summed E-state index contributed by atoms with van der Waals surface area (Å²) in [5.41, 5.74) is 5.28. The number of amidine groups is 1. The molecule has 114 valence electrons. The first kappa shape index (κ1) is 15.2. The predicted molar refractivity (Wildman–Crippen MR) is 72.1 cm³/mol. The monoisotopic (exact) mass is 298 g/mol. The van der Waals surface area contributed by atoms with Crippen LogP contribution in [0.1, 0.15) is 10.4 Å². The van der Waals surface area contributed by atoms with Crippen LogP contribution in [-0.4, -0.2) is 59.5 Å². The van der Waals surface area contributed by atoms with E-state index >= 15 is 0 Å². The van der Waals surface area contributed by atoms with Crippen molar-refractivity contribution < 1.29 is 18.8 Å². The van der Waals surface area contributed by atoms with Crippen LogP contribution in [0.2, 0.25) is 0 Å². The Hall–Kier alpha value is -2.22. The largest absolute Gasteiger partial charge is 0.409 e. The topological polar surface area (TPSA) is 82.2 Å². The zero-order valence-corrected chi connectivity index (χ0v) is 11.3. The molecule has 0 aliphatic carbocycles. The Morgan fingerprint density at radius 2 is 1.95 bits per heavy atom. The third kappa shape index (κ3) is 3.66. The number of oxime groups is 1. The molecule has 0 unspecified atom stereocenters. The smallest absolute Gasteiger partial charge is 0.256 e. The van der Waals surface area contributed by atoms with E-state index in [9.17, 15) is 13.6 Å². The molecule has 1 amide bonds. The zero-order chi connectivity index (χ0) is 15.4. The third-order valence-electron chi connectivity index (χ3n) is 3.34. The Morgan fingerprint density at radius 3 is 2.52 bits per heavy atom. The van der Waals surface area contributed by atoms with Crippen LogP contribution in [0.4, 0.5) is 8.78 Å². The molecule has 1 fully saturated rings. The molecule has 1 aliphatic rings. The van der Waals surface area contributed by atoms with Gasteiger partial charge in [-0.05, 0) is 12.1 Å². The Kier molecular flexibility index (Phi) is 4.69. The maximum absolute atomic E-state index is 13.6. The van der Waals surface area contributed by atoms with Crippen molar-refractivity contribution in [3.8, 4) is 0 Å². The highest BCUT2D eigenvalue weighted by molar-refractivity contribution is 5.94. The number of carbonyl (C=O) groups excluding carboxylic acids is 1. The van der Waals surface area contributed by atoms with Gasteiger partial charge in [0.05, 0.1) is 12.1 Å². The van der Waals surface area contributed by atoms with Crippen molar-refractivity contribution >= 4 is 11.7 Å². The predicted octanol–water partition coefficient (Wildman–Crippen LogP) is 0.469. The summed E-state index contributed by atoms with van der Waals surface area (Å²) in [4.78, 5) is 15.6. The van der Waals surface area contributed by atoms with Crippen LogP contribution >= 0.6 is 0 Å². The maximum atomic E-state index is 13.6. The zero-order valence-electron chi connectivity index (χ0n) is 11.3. The van der Waals surface area contributed by atoms with E-state index in [-0.39, 0.29) is 11.4 Å². The molecule has 8 heteroatoms. The molecule has 21 heavy (non-hydrogen) atoms. The lowest BCUT2D eigenvalue weighted by molar-refractivity contribution is 0.0648. The van der Waals surface area contributed by atoms with Gasteiger partial charge in [-0.25, -0.2) is 8.78 Å². The Balaban J connectivity index is 1.97. The molecule has 2 rings (SSSR count). The van der Waals surface area contributed by atoms with Gasteiger partial charge in [0.25, 0.3) is 5.91 Å². The second-order valence-electron chi connectivity index (χ2n) is 4.78. The van der Waals surface area contributed by atoms with Crippen molar-refractivity contribution in [3.05, 3.63) is 35.4 Å². The molecular weight excluding hydrogens is 282 g/mol. The van der Waals surface area contributed by atoms with Crippen molar-refractivity contribution in [2.45, 2.75) is 0 Å². The summed E-state index contributed by atoms with van der Waals surface area (Å²) in [6.07, 6.45) is 0. The fraction of sp³-hybridized carbons (Fsp3) is 0.385.